The van der Waals surface area contributed by atoms with E-state index in [1.54, 1.807) is 6.07 Å². The summed E-state index contributed by atoms with van der Waals surface area (Å²) in [4.78, 5) is 24.3. The molecule has 0 aromatic heterocycles. The van der Waals surface area contributed by atoms with Crippen molar-refractivity contribution in [3.8, 4) is 11.5 Å². The number of ether oxygens (including phenoxy) is 3. The zero-order chi connectivity index (χ0) is 21.5. The molecule has 0 aliphatic heterocycles. The van der Waals surface area contributed by atoms with Crippen LogP contribution in [0.25, 0.3) is 0 Å². The van der Waals surface area contributed by atoms with E-state index in [2.05, 4.69) is 0 Å². The van der Waals surface area contributed by atoms with Gasteiger partial charge in [0, 0.05) is 5.56 Å². The molecule has 0 unspecified atom stereocenters. The summed E-state index contributed by atoms with van der Waals surface area (Å²) in [5.74, 6) is -2.87. The van der Waals surface area contributed by atoms with Crippen LogP contribution in [0.15, 0.2) is 66.7 Å². The van der Waals surface area contributed by atoms with Gasteiger partial charge in [0.1, 0.15) is 6.61 Å². The maximum Gasteiger partial charge on any atom is 0.338 e. The van der Waals surface area contributed by atoms with Crippen LogP contribution in [0.3, 0.4) is 0 Å². The fourth-order valence-electron chi connectivity index (χ4n) is 2.62. The monoisotopic (exact) mass is 412 g/mol. The zero-order valence-electron chi connectivity index (χ0n) is 16.1. The minimum absolute atomic E-state index is 0.0936. The Morgan fingerprint density at radius 2 is 1.57 bits per heavy atom. The molecule has 0 saturated carbocycles. The Morgan fingerprint density at radius 1 is 0.833 bits per heavy atom. The van der Waals surface area contributed by atoms with Crippen LogP contribution in [0.5, 0.6) is 11.5 Å². The molecule has 0 atom stereocenters. The van der Waals surface area contributed by atoms with Crippen molar-refractivity contribution in [3.63, 3.8) is 0 Å². The number of esters is 1. The van der Waals surface area contributed by atoms with Gasteiger partial charge in [0.05, 0.1) is 12.7 Å². The normalized spacial score (nSPS) is 10.4. The molecule has 7 heteroatoms. The second-order valence-electron chi connectivity index (χ2n) is 6.27. The van der Waals surface area contributed by atoms with Gasteiger partial charge in [-0.1, -0.05) is 30.3 Å². The van der Waals surface area contributed by atoms with Crippen molar-refractivity contribution in [2.24, 2.45) is 0 Å². The highest BCUT2D eigenvalue weighted by Crippen LogP contribution is 2.29. The van der Waals surface area contributed by atoms with Crippen molar-refractivity contribution >= 4 is 11.8 Å². The number of methoxy groups -OCH3 is 1. The standard InChI is InChI=1S/C23H18F2O5/c1-28-22-12-17(8-10-21(22)29-13-15-5-3-2-4-6-15)23(27)30-14-20(26)16-7-9-18(24)19(25)11-16/h2-12H,13-14H2,1H3. The van der Waals surface area contributed by atoms with Crippen molar-refractivity contribution < 1.29 is 32.6 Å². The Bertz CT molecular complexity index is 1050. The average molecular weight is 412 g/mol. The summed E-state index contributed by atoms with van der Waals surface area (Å²) in [6.07, 6.45) is 0. The third-order valence-corrected chi connectivity index (χ3v) is 4.21. The van der Waals surface area contributed by atoms with Gasteiger partial charge in [0.2, 0.25) is 0 Å². The molecule has 0 spiro atoms. The molecule has 0 fully saturated rings. The van der Waals surface area contributed by atoms with Gasteiger partial charge in [-0.2, -0.15) is 0 Å². The second-order valence-corrected chi connectivity index (χ2v) is 6.27. The van der Waals surface area contributed by atoms with E-state index in [0.717, 1.165) is 23.8 Å². The Hall–Kier alpha value is -3.74. The number of hydrogen-bond donors (Lipinski definition) is 0. The third-order valence-electron chi connectivity index (χ3n) is 4.21. The van der Waals surface area contributed by atoms with Gasteiger partial charge < -0.3 is 14.2 Å². The van der Waals surface area contributed by atoms with Gasteiger partial charge in [-0.15, -0.1) is 0 Å². The van der Waals surface area contributed by atoms with Gasteiger partial charge in [0.15, 0.2) is 35.5 Å². The number of halogens is 2. The lowest BCUT2D eigenvalue weighted by Crippen LogP contribution is -2.14. The Labute approximate surface area is 171 Å². The number of benzene rings is 3. The van der Waals surface area contributed by atoms with Gasteiger partial charge >= 0.3 is 5.97 Å². The molecule has 3 aromatic carbocycles. The molecule has 0 aliphatic rings. The van der Waals surface area contributed by atoms with Crippen LogP contribution in [0, 0.1) is 11.6 Å². The fraction of sp³-hybridized carbons (Fsp3) is 0.130. The molecule has 5 nitrogen and oxygen atoms in total. The Morgan fingerprint density at radius 3 is 2.27 bits per heavy atom. The molecule has 0 N–H and O–H groups in total. The van der Waals surface area contributed by atoms with E-state index in [9.17, 15) is 18.4 Å². The van der Waals surface area contributed by atoms with Crippen molar-refractivity contribution in [3.05, 3.63) is 95.1 Å². The van der Waals surface area contributed by atoms with Gasteiger partial charge in [-0.05, 0) is 42.0 Å². The van der Waals surface area contributed by atoms with E-state index in [1.165, 1.54) is 19.2 Å². The van der Waals surface area contributed by atoms with Crippen LogP contribution in [0.2, 0.25) is 0 Å². The predicted molar refractivity (Wildman–Crippen MR) is 105 cm³/mol. The van der Waals surface area contributed by atoms with Crippen LogP contribution in [0.1, 0.15) is 26.3 Å². The topological polar surface area (TPSA) is 61.8 Å². The summed E-state index contributed by atoms with van der Waals surface area (Å²) in [7, 11) is 1.44. The molecule has 154 valence electrons. The molecular weight excluding hydrogens is 394 g/mol. The highest BCUT2D eigenvalue weighted by atomic mass is 19.2. The number of hydrogen-bond acceptors (Lipinski definition) is 5. The van der Waals surface area contributed by atoms with Gasteiger partial charge in [0.25, 0.3) is 0 Å². The second kappa shape index (κ2) is 9.65. The van der Waals surface area contributed by atoms with Gasteiger partial charge in [-0.25, -0.2) is 13.6 Å². The van der Waals surface area contributed by atoms with Crippen LogP contribution in [0.4, 0.5) is 8.78 Å². The summed E-state index contributed by atoms with van der Waals surface area (Å²) in [5.41, 5.74) is 1.03. The first-order valence-electron chi connectivity index (χ1n) is 8.98. The van der Waals surface area contributed by atoms with E-state index >= 15 is 0 Å². The fourth-order valence-corrected chi connectivity index (χ4v) is 2.62. The van der Waals surface area contributed by atoms with E-state index in [0.29, 0.717) is 18.1 Å². The molecule has 3 rings (SSSR count). The summed E-state index contributed by atoms with van der Waals surface area (Å²) < 4.78 is 42.2. The van der Waals surface area contributed by atoms with E-state index in [1.807, 2.05) is 30.3 Å². The number of rotatable bonds is 8. The minimum atomic E-state index is -1.15. The zero-order valence-corrected chi connectivity index (χ0v) is 16.1. The van der Waals surface area contributed by atoms with Gasteiger partial charge in [-0.3, -0.25) is 4.79 Å². The van der Waals surface area contributed by atoms with Crippen LogP contribution in [-0.2, 0) is 11.3 Å². The molecule has 0 aliphatic carbocycles. The first kappa shape index (κ1) is 21.0. The third kappa shape index (κ3) is 5.20. The lowest BCUT2D eigenvalue weighted by Gasteiger charge is -2.12. The highest BCUT2D eigenvalue weighted by Gasteiger charge is 2.16. The maximum absolute atomic E-state index is 13.2. The average Bonchev–Trinajstić information content (AvgIpc) is 2.78. The molecule has 0 amide bonds. The van der Waals surface area contributed by atoms with Crippen molar-refractivity contribution in [1.82, 2.24) is 0 Å². The lowest BCUT2D eigenvalue weighted by atomic mass is 10.1. The highest BCUT2D eigenvalue weighted by molar-refractivity contribution is 5.99. The molecule has 0 bridgehead atoms. The number of ketones is 1. The summed E-state index contributed by atoms with van der Waals surface area (Å²) in [6, 6.07) is 16.7. The number of carbonyl (C=O) groups is 2. The number of carbonyl (C=O) groups excluding carboxylic acids is 2. The lowest BCUT2D eigenvalue weighted by molar-refractivity contribution is 0.0474. The summed E-state index contributed by atoms with van der Waals surface area (Å²) >= 11 is 0. The smallest absolute Gasteiger partial charge is 0.338 e. The van der Waals surface area contributed by atoms with Crippen LogP contribution in [-0.4, -0.2) is 25.5 Å². The molecule has 0 saturated heterocycles. The first-order valence-corrected chi connectivity index (χ1v) is 8.98. The van der Waals surface area contributed by atoms with E-state index in [4.69, 9.17) is 14.2 Å². The molecular formula is C23H18F2O5. The number of Topliss-reactive ketones (excluding diaryl/α,β-unsaturated/α-hetero) is 1. The summed E-state index contributed by atoms with van der Waals surface area (Å²) in [6.45, 7) is -0.289. The molecule has 0 radical (unpaired) electrons. The Balaban J connectivity index is 1.62. The van der Waals surface area contributed by atoms with Crippen LogP contribution >= 0.6 is 0 Å². The minimum Gasteiger partial charge on any atom is -0.493 e. The quantitative estimate of drug-likeness (QED) is 0.400. The van der Waals surface area contributed by atoms with E-state index < -0.39 is 30.0 Å². The maximum atomic E-state index is 13.2. The SMILES string of the molecule is COc1cc(C(=O)OCC(=O)c2ccc(F)c(F)c2)ccc1OCc1ccccc1. The van der Waals surface area contributed by atoms with Crippen LogP contribution < -0.4 is 9.47 Å². The molecule has 3 aromatic rings. The molecule has 30 heavy (non-hydrogen) atoms. The molecule has 0 heterocycles. The Kier molecular flexibility index (Phi) is 6.75. The first-order chi connectivity index (χ1) is 14.5. The predicted octanol–water partition coefficient (Wildman–Crippen LogP) is 4.59. The van der Waals surface area contributed by atoms with Crippen molar-refractivity contribution in [2.75, 3.05) is 13.7 Å². The van der Waals surface area contributed by atoms with Crippen molar-refractivity contribution in [1.29, 1.82) is 0 Å². The van der Waals surface area contributed by atoms with E-state index in [-0.39, 0.29) is 11.1 Å². The summed E-state index contributed by atoms with van der Waals surface area (Å²) in [5, 5.41) is 0. The van der Waals surface area contributed by atoms with Crippen molar-refractivity contribution in [2.45, 2.75) is 6.61 Å². The largest absolute Gasteiger partial charge is 0.493 e.